The SMILES string of the molecule is COC/C=C\C(=C/N)CC=O. The minimum absolute atomic E-state index is 0.358. The van der Waals surface area contributed by atoms with Gasteiger partial charge in [-0.15, -0.1) is 0 Å². The Bertz CT molecular complexity index is 161. The van der Waals surface area contributed by atoms with Crippen LogP contribution in [0.25, 0.3) is 0 Å². The van der Waals surface area contributed by atoms with Crippen LogP contribution in [0.2, 0.25) is 0 Å². The molecule has 0 saturated carbocycles. The van der Waals surface area contributed by atoms with Gasteiger partial charge in [-0.1, -0.05) is 12.2 Å². The highest BCUT2D eigenvalue weighted by atomic mass is 16.5. The summed E-state index contributed by atoms with van der Waals surface area (Å²) in [6, 6.07) is 0. The highest BCUT2D eigenvalue weighted by molar-refractivity contribution is 5.55. The van der Waals surface area contributed by atoms with Crippen LogP contribution in [0.5, 0.6) is 0 Å². The molecule has 11 heavy (non-hydrogen) atoms. The highest BCUT2D eigenvalue weighted by Gasteiger charge is 1.87. The summed E-state index contributed by atoms with van der Waals surface area (Å²) in [6.45, 7) is 0.538. The van der Waals surface area contributed by atoms with Gasteiger partial charge in [0.15, 0.2) is 0 Å². The maximum absolute atomic E-state index is 10.0. The summed E-state index contributed by atoms with van der Waals surface area (Å²) < 4.78 is 4.77. The van der Waals surface area contributed by atoms with Crippen LogP contribution in [0, 0.1) is 0 Å². The van der Waals surface area contributed by atoms with E-state index in [0.29, 0.717) is 13.0 Å². The van der Waals surface area contributed by atoms with Gasteiger partial charge in [0.1, 0.15) is 6.29 Å². The molecule has 0 aliphatic carbocycles. The Hall–Kier alpha value is -1.09. The van der Waals surface area contributed by atoms with Crippen LogP contribution in [0.3, 0.4) is 0 Å². The molecule has 0 aromatic carbocycles. The second-order valence-electron chi connectivity index (χ2n) is 1.97. The van der Waals surface area contributed by atoms with Crippen LogP contribution in [0.1, 0.15) is 6.42 Å². The summed E-state index contributed by atoms with van der Waals surface area (Å²) >= 11 is 0. The predicted molar refractivity (Wildman–Crippen MR) is 44.0 cm³/mol. The van der Waals surface area contributed by atoms with Gasteiger partial charge in [0, 0.05) is 13.5 Å². The fraction of sp³-hybridized carbons (Fsp3) is 0.375. The van der Waals surface area contributed by atoms with Crippen molar-refractivity contribution in [2.45, 2.75) is 6.42 Å². The number of carbonyl (C=O) groups is 1. The maximum Gasteiger partial charge on any atom is 0.124 e. The predicted octanol–water partition coefficient (Wildman–Crippen LogP) is 0.621. The third-order valence-electron chi connectivity index (χ3n) is 1.13. The van der Waals surface area contributed by atoms with E-state index >= 15 is 0 Å². The number of allylic oxidation sites excluding steroid dienone is 2. The molecule has 3 heteroatoms. The van der Waals surface area contributed by atoms with Crippen LogP contribution >= 0.6 is 0 Å². The molecular formula is C8H13NO2. The van der Waals surface area contributed by atoms with Gasteiger partial charge in [-0.05, 0) is 11.8 Å². The van der Waals surface area contributed by atoms with Crippen molar-refractivity contribution in [3.8, 4) is 0 Å². The van der Waals surface area contributed by atoms with Gasteiger partial charge < -0.3 is 15.3 Å². The van der Waals surface area contributed by atoms with Crippen molar-refractivity contribution in [3.05, 3.63) is 23.9 Å². The number of hydrogen-bond acceptors (Lipinski definition) is 3. The van der Waals surface area contributed by atoms with Crippen LogP contribution < -0.4 is 5.73 Å². The standard InChI is InChI=1S/C8H13NO2/c1-11-6-2-3-8(7-9)4-5-10/h2-3,5,7H,4,6,9H2,1H3/b3-2-,8-7+. The first-order valence-electron chi connectivity index (χ1n) is 3.35. The van der Waals surface area contributed by atoms with Crippen LogP contribution in [-0.2, 0) is 9.53 Å². The summed E-state index contributed by atoms with van der Waals surface area (Å²) in [5.41, 5.74) is 6.03. The Kier molecular flexibility index (Phi) is 6.33. The smallest absolute Gasteiger partial charge is 0.124 e. The Morgan fingerprint density at radius 3 is 2.82 bits per heavy atom. The molecule has 0 saturated heterocycles. The molecule has 0 aromatic heterocycles. The van der Waals surface area contributed by atoms with E-state index in [9.17, 15) is 4.79 Å². The zero-order chi connectivity index (χ0) is 8.53. The summed E-state index contributed by atoms with van der Waals surface area (Å²) in [5.74, 6) is 0. The second-order valence-corrected chi connectivity index (χ2v) is 1.97. The average molecular weight is 155 g/mol. The average Bonchev–Trinajstić information content (AvgIpc) is 2.03. The lowest BCUT2D eigenvalue weighted by Gasteiger charge is -1.92. The first-order valence-corrected chi connectivity index (χ1v) is 3.35. The monoisotopic (exact) mass is 155 g/mol. The first kappa shape index (κ1) is 9.91. The van der Waals surface area contributed by atoms with Crippen molar-refractivity contribution < 1.29 is 9.53 Å². The number of hydrogen-bond donors (Lipinski definition) is 1. The van der Waals surface area contributed by atoms with Gasteiger partial charge in [-0.3, -0.25) is 0 Å². The summed E-state index contributed by atoms with van der Waals surface area (Å²) in [6.07, 6.45) is 6.17. The molecule has 0 aromatic rings. The molecule has 3 nitrogen and oxygen atoms in total. The number of rotatable bonds is 5. The molecule has 0 fully saturated rings. The molecule has 0 aliphatic rings. The largest absolute Gasteiger partial charge is 0.404 e. The number of aldehydes is 1. The van der Waals surface area contributed by atoms with E-state index in [-0.39, 0.29) is 0 Å². The molecule has 0 heterocycles. The highest BCUT2D eigenvalue weighted by Crippen LogP contribution is 1.97. The Balaban J connectivity index is 3.77. The third kappa shape index (κ3) is 5.36. The number of ether oxygens (including phenoxy) is 1. The molecular weight excluding hydrogens is 142 g/mol. The zero-order valence-corrected chi connectivity index (χ0v) is 6.62. The van der Waals surface area contributed by atoms with Crippen LogP contribution in [0.15, 0.2) is 23.9 Å². The van der Waals surface area contributed by atoms with E-state index in [1.165, 1.54) is 6.20 Å². The summed E-state index contributed by atoms with van der Waals surface area (Å²) in [7, 11) is 1.61. The fourth-order valence-electron chi connectivity index (χ4n) is 0.584. The molecule has 62 valence electrons. The minimum atomic E-state index is 0.358. The van der Waals surface area contributed by atoms with Crippen molar-refractivity contribution in [2.24, 2.45) is 5.73 Å². The van der Waals surface area contributed by atoms with E-state index in [4.69, 9.17) is 10.5 Å². The lowest BCUT2D eigenvalue weighted by Crippen LogP contribution is -1.88. The van der Waals surface area contributed by atoms with E-state index in [1.807, 2.05) is 6.08 Å². The molecule has 0 aliphatic heterocycles. The Labute approximate surface area is 66.5 Å². The molecule has 0 unspecified atom stereocenters. The van der Waals surface area contributed by atoms with Gasteiger partial charge in [0.05, 0.1) is 6.61 Å². The van der Waals surface area contributed by atoms with Crippen molar-refractivity contribution in [2.75, 3.05) is 13.7 Å². The van der Waals surface area contributed by atoms with E-state index in [2.05, 4.69) is 0 Å². The van der Waals surface area contributed by atoms with Crippen molar-refractivity contribution in [1.82, 2.24) is 0 Å². The molecule has 2 N–H and O–H groups in total. The maximum atomic E-state index is 10.0. The van der Waals surface area contributed by atoms with Gasteiger partial charge in [0.25, 0.3) is 0 Å². The van der Waals surface area contributed by atoms with Crippen LogP contribution in [0.4, 0.5) is 0 Å². The molecule has 0 radical (unpaired) electrons. The zero-order valence-electron chi connectivity index (χ0n) is 6.62. The molecule has 0 amide bonds. The summed E-state index contributed by atoms with van der Waals surface area (Å²) in [5, 5.41) is 0. The number of methoxy groups -OCH3 is 1. The van der Waals surface area contributed by atoms with E-state index < -0.39 is 0 Å². The molecule has 0 spiro atoms. The first-order chi connectivity index (χ1) is 5.35. The quantitative estimate of drug-likeness (QED) is 0.467. The topological polar surface area (TPSA) is 52.3 Å². The Morgan fingerprint density at radius 2 is 2.36 bits per heavy atom. The van der Waals surface area contributed by atoms with E-state index in [1.54, 1.807) is 13.2 Å². The van der Waals surface area contributed by atoms with Crippen molar-refractivity contribution in [1.29, 1.82) is 0 Å². The van der Waals surface area contributed by atoms with Gasteiger partial charge in [0.2, 0.25) is 0 Å². The summed E-state index contributed by atoms with van der Waals surface area (Å²) in [4.78, 5) is 10.0. The molecule has 0 rings (SSSR count). The Morgan fingerprint density at radius 1 is 1.64 bits per heavy atom. The lowest BCUT2D eigenvalue weighted by atomic mass is 10.2. The number of carbonyl (C=O) groups excluding carboxylic acids is 1. The van der Waals surface area contributed by atoms with Crippen molar-refractivity contribution in [3.63, 3.8) is 0 Å². The third-order valence-corrected chi connectivity index (χ3v) is 1.13. The van der Waals surface area contributed by atoms with Gasteiger partial charge in [-0.25, -0.2) is 0 Å². The number of nitrogens with two attached hydrogens (primary N) is 1. The minimum Gasteiger partial charge on any atom is -0.404 e. The molecule has 0 bridgehead atoms. The van der Waals surface area contributed by atoms with Gasteiger partial charge in [-0.2, -0.15) is 0 Å². The van der Waals surface area contributed by atoms with Gasteiger partial charge >= 0.3 is 0 Å². The van der Waals surface area contributed by atoms with E-state index in [0.717, 1.165) is 11.9 Å². The van der Waals surface area contributed by atoms with Crippen LogP contribution in [-0.4, -0.2) is 20.0 Å². The molecule has 0 atom stereocenters. The lowest BCUT2D eigenvalue weighted by molar-refractivity contribution is -0.107. The van der Waals surface area contributed by atoms with Crippen molar-refractivity contribution >= 4 is 6.29 Å². The fourth-order valence-corrected chi connectivity index (χ4v) is 0.584. The second kappa shape index (κ2) is 7.02. The normalized spacial score (nSPS) is 12.3.